The minimum atomic E-state index is -0.287. The normalized spacial score (nSPS) is 19.7. The number of amides is 1. The van der Waals surface area contributed by atoms with Crippen molar-refractivity contribution in [2.75, 3.05) is 14.2 Å². The third kappa shape index (κ3) is 4.98. The molecule has 2 aromatic rings. The van der Waals surface area contributed by atoms with Crippen molar-refractivity contribution in [3.05, 3.63) is 53.9 Å². The quantitative estimate of drug-likeness (QED) is 0.747. The summed E-state index contributed by atoms with van der Waals surface area (Å²) in [6.45, 7) is 0. The standard InChI is InChI=1S/C21H26N2O4/c1-26-18-5-3-4-14(8-18)6-7-20(25)23-21(15-9-17(24)10-15)16-11-19(27-2)13-22-12-16/h3-5,8,11-13,15,17,21,24H,6-7,9-10H2,1-2H3,(H,23,25)/t15?,17?,21-/m1/s1. The molecule has 1 heterocycles. The lowest BCUT2D eigenvalue weighted by Gasteiger charge is -2.38. The lowest BCUT2D eigenvalue weighted by Crippen LogP contribution is -2.41. The molecule has 1 amide bonds. The Hall–Kier alpha value is -2.60. The number of aliphatic hydroxyl groups is 1. The molecule has 1 aliphatic rings. The topological polar surface area (TPSA) is 80.7 Å². The van der Waals surface area contributed by atoms with E-state index in [1.165, 1.54) is 0 Å². The number of nitrogens with one attached hydrogen (secondary N) is 1. The predicted octanol–water partition coefficient (Wildman–Crippen LogP) is 2.66. The molecule has 0 radical (unpaired) electrons. The van der Waals surface area contributed by atoms with Gasteiger partial charge in [0.25, 0.3) is 0 Å². The van der Waals surface area contributed by atoms with Gasteiger partial charge in [0.15, 0.2) is 0 Å². The highest BCUT2D eigenvalue weighted by Crippen LogP contribution is 2.38. The van der Waals surface area contributed by atoms with E-state index in [9.17, 15) is 9.90 Å². The van der Waals surface area contributed by atoms with Crippen LogP contribution in [0.25, 0.3) is 0 Å². The molecule has 1 aromatic heterocycles. The molecule has 1 aromatic carbocycles. The lowest BCUT2D eigenvalue weighted by molar-refractivity contribution is -0.123. The predicted molar refractivity (Wildman–Crippen MR) is 102 cm³/mol. The fourth-order valence-electron chi connectivity index (χ4n) is 3.42. The van der Waals surface area contributed by atoms with Crippen LogP contribution in [-0.4, -0.2) is 36.3 Å². The zero-order valence-electron chi connectivity index (χ0n) is 15.7. The van der Waals surface area contributed by atoms with Crippen LogP contribution >= 0.6 is 0 Å². The first kappa shape index (κ1) is 19.2. The maximum absolute atomic E-state index is 12.6. The van der Waals surface area contributed by atoms with Crippen molar-refractivity contribution in [3.63, 3.8) is 0 Å². The van der Waals surface area contributed by atoms with Crippen LogP contribution in [0.5, 0.6) is 11.5 Å². The number of aliphatic hydroxyl groups excluding tert-OH is 1. The van der Waals surface area contributed by atoms with Crippen LogP contribution in [-0.2, 0) is 11.2 Å². The summed E-state index contributed by atoms with van der Waals surface area (Å²) in [5, 5.41) is 12.8. The lowest BCUT2D eigenvalue weighted by atomic mass is 9.75. The number of rotatable bonds is 8. The largest absolute Gasteiger partial charge is 0.497 e. The maximum Gasteiger partial charge on any atom is 0.220 e. The zero-order chi connectivity index (χ0) is 19.2. The van der Waals surface area contributed by atoms with E-state index >= 15 is 0 Å². The van der Waals surface area contributed by atoms with Gasteiger partial charge in [0, 0.05) is 12.6 Å². The van der Waals surface area contributed by atoms with Gasteiger partial charge in [0.05, 0.1) is 32.6 Å². The number of benzene rings is 1. The molecule has 0 unspecified atom stereocenters. The Balaban J connectivity index is 1.65. The van der Waals surface area contributed by atoms with Crippen LogP contribution in [0.1, 0.15) is 36.4 Å². The third-order valence-electron chi connectivity index (χ3n) is 5.04. The van der Waals surface area contributed by atoms with Crippen molar-refractivity contribution in [3.8, 4) is 11.5 Å². The van der Waals surface area contributed by atoms with Crippen LogP contribution in [0.3, 0.4) is 0 Å². The average molecular weight is 370 g/mol. The minimum absolute atomic E-state index is 0.0213. The number of methoxy groups -OCH3 is 2. The number of hydrogen-bond donors (Lipinski definition) is 2. The molecule has 1 atom stereocenters. The second-order valence-corrected chi connectivity index (χ2v) is 6.94. The molecule has 144 valence electrons. The number of pyridine rings is 1. The number of nitrogens with zero attached hydrogens (tertiary/aromatic N) is 1. The Morgan fingerprint density at radius 2 is 2.00 bits per heavy atom. The van der Waals surface area contributed by atoms with Gasteiger partial charge in [-0.15, -0.1) is 0 Å². The number of aromatic nitrogens is 1. The van der Waals surface area contributed by atoms with Gasteiger partial charge >= 0.3 is 0 Å². The molecule has 0 saturated heterocycles. The first-order valence-electron chi connectivity index (χ1n) is 9.18. The van der Waals surface area contributed by atoms with Crippen molar-refractivity contribution in [1.29, 1.82) is 0 Å². The summed E-state index contributed by atoms with van der Waals surface area (Å²) in [4.78, 5) is 16.8. The highest BCUT2D eigenvalue weighted by atomic mass is 16.5. The average Bonchev–Trinajstić information content (AvgIpc) is 2.68. The summed E-state index contributed by atoms with van der Waals surface area (Å²) >= 11 is 0. The Kier molecular flexibility index (Phi) is 6.29. The molecule has 2 N–H and O–H groups in total. The smallest absolute Gasteiger partial charge is 0.220 e. The molecule has 0 aliphatic heterocycles. The van der Waals surface area contributed by atoms with Gasteiger partial charge in [-0.2, -0.15) is 0 Å². The highest BCUT2D eigenvalue weighted by Gasteiger charge is 2.35. The van der Waals surface area contributed by atoms with E-state index in [1.54, 1.807) is 26.6 Å². The zero-order valence-corrected chi connectivity index (χ0v) is 15.7. The Bertz CT molecular complexity index is 774. The Morgan fingerprint density at radius 3 is 2.70 bits per heavy atom. The number of aryl methyl sites for hydroxylation is 1. The van der Waals surface area contributed by atoms with Gasteiger partial charge < -0.3 is 19.9 Å². The monoisotopic (exact) mass is 370 g/mol. The molecule has 1 fully saturated rings. The van der Waals surface area contributed by atoms with E-state index in [-0.39, 0.29) is 24.0 Å². The first-order valence-corrected chi connectivity index (χ1v) is 9.18. The van der Waals surface area contributed by atoms with Crippen molar-refractivity contribution in [2.24, 2.45) is 5.92 Å². The molecular formula is C21H26N2O4. The van der Waals surface area contributed by atoms with Crippen molar-refractivity contribution >= 4 is 5.91 Å². The third-order valence-corrected chi connectivity index (χ3v) is 5.04. The van der Waals surface area contributed by atoms with E-state index in [0.717, 1.165) is 16.9 Å². The minimum Gasteiger partial charge on any atom is -0.497 e. The van der Waals surface area contributed by atoms with Gasteiger partial charge in [0.1, 0.15) is 11.5 Å². The van der Waals surface area contributed by atoms with Crippen molar-refractivity contribution in [2.45, 2.75) is 37.8 Å². The molecule has 6 nitrogen and oxygen atoms in total. The molecular weight excluding hydrogens is 344 g/mol. The summed E-state index contributed by atoms with van der Waals surface area (Å²) in [6, 6.07) is 9.46. The molecule has 27 heavy (non-hydrogen) atoms. The summed E-state index contributed by atoms with van der Waals surface area (Å²) in [5.41, 5.74) is 1.96. The van der Waals surface area contributed by atoms with Crippen LogP contribution in [0, 0.1) is 5.92 Å². The van der Waals surface area contributed by atoms with E-state index < -0.39 is 0 Å². The number of carbonyl (C=O) groups excluding carboxylic acids is 1. The molecule has 1 aliphatic carbocycles. The van der Waals surface area contributed by atoms with Crippen LogP contribution in [0.4, 0.5) is 0 Å². The van der Waals surface area contributed by atoms with Crippen LogP contribution in [0.15, 0.2) is 42.7 Å². The maximum atomic E-state index is 12.6. The second kappa shape index (κ2) is 8.86. The van der Waals surface area contributed by atoms with Crippen molar-refractivity contribution < 1.29 is 19.4 Å². The van der Waals surface area contributed by atoms with E-state index in [1.807, 2.05) is 30.3 Å². The molecule has 0 spiro atoms. The van der Waals surface area contributed by atoms with Gasteiger partial charge in [-0.05, 0) is 54.5 Å². The molecule has 0 bridgehead atoms. The van der Waals surface area contributed by atoms with Crippen LogP contribution in [0.2, 0.25) is 0 Å². The Labute approximate surface area is 159 Å². The summed E-state index contributed by atoms with van der Waals surface area (Å²) in [7, 11) is 3.22. The fourth-order valence-corrected chi connectivity index (χ4v) is 3.42. The second-order valence-electron chi connectivity index (χ2n) is 6.94. The van der Waals surface area contributed by atoms with Gasteiger partial charge in [-0.1, -0.05) is 12.1 Å². The number of hydrogen-bond acceptors (Lipinski definition) is 5. The van der Waals surface area contributed by atoms with Crippen LogP contribution < -0.4 is 14.8 Å². The molecule has 3 rings (SSSR count). The van der Waals surface area contributed by atoms with Gasteiger partial charge in [-0.3, -0.25) is 9.78 Å². The van der Waals surface area contributed by atoms with E-state index in [4.69, 9.17) is 9.47 Å². The summed E-state index contributed by atoms with van der Waals surface area (Å²) in [6.07, 6.45) is 5.48. The summed E-state index contributed by atoms with van der Waals surface area (Å²) in [5.74, 6) is 1.63. The van der Waals surface area contributed by atoms with Gasteiger partial charge in [0.2, 0.25) is 5.91 Å². The first-order chi connectivity index (χ1) is 13.1. The number of carbonyl (C=O) groups is 1. The van der Waals surface area contributed by atoms with Gasteiger partial charge in [-0.25, -0.2) is 0 Å². The fraction of sp³-hybridized carbons (Fsp3) is 0.429. The highest BCUT2D eigenvalue weighted by molar-refractivity contribution is 5.76. The number of ether oxygens (including phenoxy) is 2. The Morgan fingerprint density at radius 1 is 1.22 bits per heavy atom. The van der Waals surface area contributed by atoms with Crippen molar-refractivity contribution in [1.82, 2.24) is 10.3 Å². The SMILES string of the molecule is COc1cccc(CCC(=O)N[C@@H](c2cncc(OC)c2)C2CC(O)C2)c1. The van der Waals surface area contributed by atoms with E-state index in [2.05, 4.69) is 10.3 Å². The molecule has 1 saturated carbocycles. The van der Waals surface area contributed by atoms with E-state index in [0.29, 0.717) is 31.4 Å². The molecule has 6 heteroatoms. The summed E-state index contributed by atoms with van der Waals surface area (Å²) < 4.78 is 10.5.